The molecular weight excluding hydrogens is 340 g/mol. The minimum absolute atomic E-state index is 0.0671. The maximum Gasteiger partial charge on any atom is 0.319 e. The number of rotatable bonds is 5. The average molecular weight is 366 g/mol. The molecule has 2 N–H and O–H groups in total. The van der Waals surface area contributed by atoms with Gasteiger partial charge in [0.1, 0.15) is 0 Å². The van der Waals surface area contributed by atoms with Crippen LogP contribution in [-0.4, -0.2) is 30.0 Å². The van der Waals surface area contributed by atoms with Gasteiger partial charge >= 0.3 is 6.03 Å². The van der Waals surface area contributed by atoms with E-state index in [0.717, 1.165) is 30.5 Å². The summed E-state index contributed by atoms with van der Waals surface area (Å²) < 4.78 is 0. The summed E-state index contributed by atoms with van der Waals surface area (Å²) in [7, 11) is 0. The van der Waals surface area contributed by atoms with Gasteiger partial charge in [-0.2, -0.15) is 0 Å². The van der Waals surface area contributed by atoms with Crippen molar-refractivity contribution in [2.24, 2.45) is 5.92 Å². The molecule has 0 aliphatic carbocycles. The number of hydrogen-bond donors (Lipinski definition) is 2. The van der Waals surface area contributed by atoms with Crippen molar-refractivity contribution >= 4 is 23.3 Å². The molecule has 0 fully saturated rings. The fourth-order valence-electron chi connectivity index (χ4n) is 3.16. The third-order valence-corrected chi connectivity index (χ3v) is 4.62. The van der Waals surface area contributed by atoms with Crippen LogP contribution in [0.4, 0.5) is 16.2 Å². The van der Waals surface area contributed by atoms with Gasteiger partial charge in [-0.3, -0.25) is 9.78 Å². The number of carbonyl (C=O) groups is 2. The summed E-state index contributed by atoms with van der Waals surface area (Å²) >= 11 is 0. The zero-order valence-electron chi connectivity index (χ0n) is 15.9. The van der Waals surface area contributed by atoms with Gasteiger partial charge in [-0.05, 0) is 55.0 Å². The second-order valence-corrected chi connectivity index (χ2v) is 7.21. The molecule has 1 aromatic heterocycles. The SMILES string of the molecule is CC(C)CCNC(=O)Nc1ccc2c(c1)N(C(=O)c1cccnc1)CCC2. The van der Waals surface area contributed by atoms with Gasteiger partial charge in [0.15, 0.2) is 0 Å². The molecular formula is C21H26N4O2. The van der Waals surface area contributed by atoms with Crippen molar-refractivity contribution < 1.29 is 9.59 Å². The lowest BCUT2D eigenvalue weighted by molar-refractivity contribution is 0.0984. The Kier molecular flexibility index (Phi) is 6.06. The van der Waals surface area contributed by atoms with Gasteiger partial charge in [0.2, 0.25) is 0 Å². The van der Waals surface area contributed by atoms with Crippen LogP contribution in [0.25, 0.3) is 0 Å². The standard InChI is InChI=1S/C21H26N4O2/c1-15(2)9-11-23-21(27)24-18-8-7-16-6-4-12-25(19(16)13-18)20(26)17-5-3-10-22-14-17/h3,5,7-8,10,13-15H,4,6,9,11-12H2,1-2H3,(H2,23,24,27). The van der Waals surface area contributed by atoms with Crippen LogP contribution in [-0.2, 0) is 6.42 Å². The highest BCUT2D eigenvalue weighted by atomic mass is 16.2. The Morgan fingerprint density at radius 3 is 2.85 bits per heavy atom. The van der Waals surface area contributed by atoms with Crippen molar-refractivity contribution in [3.05, 3.63) is 53.9 Å². The van der Waals surface area contributed by atoms with Crippen LogP contribution in [0.15, 0.2) is 42.7 Å². The van der Waals surface area contributed by atoms with Gasteiger partial charge in [0.05, 0.1) is 5.56 Å². The summed E-state index contributed by atoms with van der Waals surface area (Å²) in [6.45, 7) is 5.54. The van der Waals surface area contributed by atoms with E-state index in [4.69, 9.17) is 0 Å². The number of nitrogens with one attached hydrogen (secondary N) is 2. The summed E-state index contributed by atoms with van der Waals surface area (Å²) in [6, 6.07) is 9.06. The van der Waals surface area contributed by atoms with E-state index < -0.39 is 0 Å². The molecule has 3 rings (SSSR count). The Balaban J connectivity index is 1.74. The molecule has 142 valence electrons. The van der Waals surface area contributed by atoms with Gasteiger partial charge in [-0.1, -0.05) is 19.9 Å². The van der Waals surface area contributed by atoms with E-state index in [1.54, 1.807) is 29.4 Å². The summed E-state index contributed by atoms with van der Waals surface area (Å²) in [5, 5.41) is 5.73. The molecule has 1 aliphatic rings. The Labute approximate surface area is 160 Å². The van der Waals surface area contributed by atoms with Crippen LogP contribution >= 0.6 is 0 Å². The van der Waals surface area contributed by atoms with Crippen molar-refractivity contribution in [1.29, 1.82) is 0 Å². The predicted molar refractivity (Wildman–Crippen MR) is 107 cm³/mol. The van der Waals surface area contributed by atoms with E-state index in [1.807, 2.05) is 18.2 Å². The van der Waals surface area contributed by atoms with Crippen LogP contribution in [0.2, 0.25) is 0 Å². The molecule has 2 aromatic rings. The maximum atomic E-state index is 12.9. The predicted octanol–water partition coefficient (Wildman–Crippen LogP) is 3.84. The Morgan fingerprint density at radius 1 is 1.26 bits per heavy atom. The highest BCUT2D eigenvalue weighted by Crippen LogP contribution is 2.31. The number of aryl methyl sites for hydroxylation is 1. The van der Waals surface area contributed by atoms with Crippen LogP contribution in [0.5, 0.6) is 0 Å². The molecule has 0 spiro atoms. The smallest absolute Gasteiger partial charge is 0.319 e. The van der Waals surface area contributed by atoms with E-state index in [0.29, 0.717) is 30.3 Å². The number of urea groups is 1. The number of fused-ring (bicyclic) bond motifs is 1. The minimum atomic E-state index is -0.225. The molecule has 3 amide bonds. The van der Waals surface area contributed by atoms with Gasteiger partial charge in [-0.15, -0.1) is 0 Å². The largest absolute Gasteiger partial charge is 0.338 e. The minimum Gasteiger partial charge on any atom is -0.338 e. The lowest BCUT2D eigenvalue weighted by Gasteiger charge is -2.30. The number of hydrogen-bond acceptors (Lipinski definition) is 3. The van der Waals surface area contributed by atoms with Gasteiger partial charge in [0.25, 0.3) is 5.91 Å². The third-order valence-electron chi connectivity index (χ3n) is 4.62. The fourth-order valence-corrected chi connectivity index (χ4v) is 3.16. The Bertz CT molecular complexity index is 805. The number of nitrogens with zero attached hydrogens (tertiary/aromatic N) is 2. The van der Waals surface area contributed by atoms with Crippen LogP contribution in [0.1, 0.15) is 42.6 Å². The lowest BCUT2D eigenvalue weighted by atomic mass is 10.0. The van der Waals surface area contributed by atoms with E-state index in [1.165, 1.54) is 0 Å². The molecule has 0 atom stereocenters. The van der Waals surface area contributed by atoms with Gasteiger partial charge in [-0.25, -0.2) is 4.79 Å². The zero-order chi connectivity index (χ0) is 19.2. The monoisotopic (exact) mass is 366 g/mol. The molecule has 2 heterocycles. The topological polar surface area (TPSA) is 74.3 Å². The summed E-state index contributed by atoms with van der Waals surface area (Å²) in [5.74, 6) is 0.476. The molecule has 0 saturated carbocycles. The first-order valence-corrected chi connectivity index (χ1v) is 9.44. The zero-order valence-corrected chi connectivity index (χ0v) is 15.9. The van der Waals surface area contributed by atoms with Crippen LogP contribution < -0.4 is 15.5 Å². The summed E-state index contributed by atoms with van der Waals surface area (Å²) in [5.41, 5.74) is 3.22. The normalized spacial score (nSPS) is 13.2. The van der Waals surface area contributed by atoms with Gasteiger partial charge < -0.3 is 15.5 Å². The first-order valence-electron chi connectivity index (χ1n) is 9.44. The highest BCUT2D eigenvalue weighted by Gasteiger charge is 2.24. The van der Waals surface area contributed by atoms with E-state index >= 15 is 0 Å². The molecule has 27 heavy (non-hydrogen) atoms. The Morgan fingerprint density at radius 2 is 2.11 bits per heavy atom. The lowest BCUT2D eigenvalue weighted by Crippen LogP contribution is -2.36. The number of anilines is 2. The van der Waals surface area contributed by atoms with E-state index in [2.05, 4.69) is 29.5 Å². The number of aromatic nitrogens is 1. The second-order valence-electron chi connectivity index (χ2n) is 7.21. The molecule has 1 aromatic carbocycles. The molecule has 6 heteroatoms. The third kappa shape index (κ3) is 4.84. The number of carbonyl (C=O) groups excluding carboxylic acids is 2. The molecule has 0 radical (unpaired) electrons. The number of pyridine rings is 1. The molecule has 0 unspecified atom stereocenters. The van der Waals surface area contributed by atoms with Crippen molar-refractivity contribution in [2.75, 3.05) is 23.3 Å². The van der Waals surface area contributed by atoms with E-state index in [-0.39, 0.29) is 11.9 Å². The second kappa shape index (κ2) is 8.66. The highest BCUT2D eigenvalue weighted by molar-refractivity contribution is 6.07. The number of amides is 3. The van der Waals surface area contributed by atoms with Gasteiger partial charge in [0, 0.05) is 36.9 Å². The number of benzene rings is 1. The van der Waals surface area contributed by atoms with Crippen molar-refractivity contribution in [3.63, 3.8) is 0 Å². The van der Waals surface area contributed by atoms with Crippen LogP contribution in [0.3, 0.4) is 0 Å². The first kappa shape index (κ1) is 18.9. The maximum absolute atomic E-state index is 12.9. The van der Waals surface area contributed by atoms with Crippen molar-refractivity contribution in [2.45, 2.75) is 33.1 Å². The first-order chi connectivity index (χ1) is 13.0. The van der Waals surface area contributed by atoms with Crippen LogP contribution in [0, 0.1) is 5.92 Å². The Hall–Kier alpha value is -2.89. The molecule has 0 bridgehead atoms. The molecule has 0 saturated heterocycles. The molecule has 6 nitrogen and oxygen atoms in total. The average Bonchev–Trinajstić information content (AvgIpc) is 2.67. The fraction of sp³-hybridized carbons (Fsp3) is 0.381. The summed E-state index contributed by atoms with van der Waals surface area (Å²) in [6.07, 6.45) is 6.02. The summed E-state index contributed by atoms with van der Waals surface area (Å²) in [4.78, 5) is 30.8. The van der Waals surface area contributed by atoms with E-state index in [9.17, 15) is 9.59 Å². The molecule has 1 aliphatic heterocycles. The quantitative estimate of drug-likeness (QED) is 0.844. The van der Waals surface area contributed by atoms with Crippen molar-refractivity contribution in [3.8, 4) is 0 Å². The van der Waals surface area contributed by atoms with Crippen molar-refractivity contribution in [1.82, 2.24) is 10.3 Å².